The summed E-state index contributed by atoms with van der Waals surface area (Å²) in [6.07, 6.45) is 8.43. The van der Waals surface area contributed by atoms with E-state index < -0.39 is 0 Å². The average Bonchev–Trinajstić information content (AvgIpc) is 2.15. The van der Waals surface area contributed by atoms with Crippen LogP contribution >= 0.6 is 0 Å². The third-order valence-electron chi connectivity index (χ3n) is 3.14. The molecule has 0 radical (unpaired) electrons. The van der Waals surface area contributed by atoms with Crippen LogP contribution in [-0.4, -0.2) is 12.2 Å². The van der Waals surface area contributed by atoms with Crippen LogP contribution in [0.3, 0.4) is 0 Å². The summed E-state index contributed by atoms with van der Waals surface area (Å²) in [6.45, 7) is 4.29. The summed E-state index contributed by atoms with van der Waals surface area (Å²) in [5, 5.41) is 3.48. The summed E-state index contributed by atoms with van der Waals surface area (Å²) < 4.78 is 0. The maximum Gasteiger partial charge on any atom is 0.0519 e. The van der Waals surface area contributed by atoms with Gasteiger partial charge in [0.2, 0.25) is 0 Å². The van der Waals surface area contributed by atoms with Gasteiger partial charge in [-0.25, -0.2) is 0 Å². The summed E-state index contributed by atoms with van der Waals surface area (Å²) >= 11 is 0. The Morgan fingerprint density at radius 1 is 1.31 bits per heavy atom. The van der Waals surface area contributed by atoms with E-state index in [2.05, 4.69) is 12.2 Å². The number of nitrogens with one attached hydrogen (secondary N) is 1. The lowest BCUT2D eigenvalue weighted by molar-refractivity contribution is 0.250. The third kappa shape index (κ3) is 3.65. The van der Waals surface area contributed by atoms with Crippen LogP contribution < -0.4 is 11.1 Å². The van der Waals surface area contributed by atoms with Crippen molar-refractivity contribution < 1.29 is 0 Å². The monoisotopic (exact) mass is 184 g/mol. The molecule has 1 fully saturated rings. The molecular weight excluding hydrogens is 160 g/mol. The van der Waals surface area contributed by atoms with Crippen molar-refractivity contribution in [2.75, 3.05) is 0 Å². The quantitative estimate of drug-likeness (QED) is 0.658. The fraction of sp³-hybridized carbons (Fsp3) is 1.00. The van der Waals surface area contributed by atoms with Crippen LogP contribution in [0.15, 0.2) is 0 Å². The Labute approximate surface area is 82.3 Å². The minimum atomic E-state index is 0.145. The van der Waals surface area contributed by atoms with Crippen molar-refractivity contribution in [2.45, 2.75) is 64.6 Å². The molecule has 2 heteroatoms. The molecule has 2 atom stereocenters. The summed E-state index contributed by atoms with van der Waals surface area (Å²) in [4.78, 5) is 0. The molecule has 1 aliphatic rings. The topological polar surface area (TPSA) is 38.0 Å². The minimum Gasteiger partial charge on any atom is -0.316 e. The zero-order valence-electron chi connectivity index (χ0n) is 9.05. The van der Waals surface area contributed by atoms with Gasteiger partial charge in [-0.05, 0) is 32.1 Å². The molecule has 0 amide bonds. The van der Waals surface area contributed by atoms with Crippen molar-refractivity contribution >= 4 is 0 Å². The first-order valence-electron chi connectivity index (χ1n) is 5.75. The van der Waals surface area contributed by atoms with Gasteiger partial charge in [0.15, 0.2) is 0 Å². The van der Waals surface area contributed by atoms with E-state index in [9.17, 15) is 0 Å². The van der Waals surface area contributed by atoms with Gasteiger partial charge in [-0.15, -0.1) is 0 Å². The van der Waals surface area contributed by atoms with Crippen molar-refractivity contribution in [1.82, 2.24) is 5.32 Å². The molecule has 78 valence electrons. The van der Waals surface area contributed by atoms with Crippen LogP contribution in [0.4, 0.5) is 0 Å². The molecule has 13 heavy (non-hydrogen) atoms. The lowest BCUT2D eigenvalue weighted by Crippen LogP contribution is -2.45. The highest BCUT2D eigenvalue weighted by Gasteiger charge is 2.22. The molecule has 3 N–H and O–H groups in total. The molecule has 1 saturated carbocycles. The van der Waals surface area contributed by atoms with Crippen molar-refractivity contribution in [3.8, 4) is 0 Å². The molecule has 0 aromatic carbocycles. The van der Waals surface area contributed by atoms with E-state index in [0.29, 0.717) is 6.04 Å². The first-order valence-corrected chi connectivity index (χ1v) is 5.75. The molecule has 1 rings (SSSR count). The fourth-order valence-corrected chi connectivity index (χ4v) is 2.46. The lowest BCUT2D eigenvalue weighted by atomic mass is 9.83. The third-order valence-corrected chi connectivity index (χ3v) is 3.14. The van der Waals surface area contributed by atoms with Crippen LogP contribution in [0.25, 0.3) is 0 Å². The maximum atomic E-state index is 5.76. The van der Waals surface area contributed by atoms with E-state index in [1.165, 1.54) is 38.5 Å². The van der Waals surface area contributed by atoms with E-state index in [-0.39, 0.29) is 6.17 Å². The van der Waals surface area contributed by atoms with Crippen LogP contribution in [0.5, 0.6) is 0 Å². The molecule has 2 unspecified atom stereocenters. The van der Waals surface area contributed by atoms with E-state index >= 15 is 0 Å². The Bertz CT molecular complexity index is 128. The van der Waals surface area contributed by atoms with E-state index in [1.807, 2.05) is 6.92 Å². The van der Waals surface area contributed by atoms with Gasteiger partial charge in [0.05, 0.1) is 6.17 Å². The normalized spacial score (nSPS) is 24.2. The molecule has 0 spiro atoms. The number of hydrogen-bond donors (Lipinski definition) is 2. The van der Waals surface area contributed by atoms with Gasteiger partial charge in [0.25, 0.3) is 0 Å². The first-order chi connectivity index (χ1) is 6.24. The largest absolute Gasteiger partial charge is 0.316 e. The second-order valence-corrected chi connectivity index (χ2v) is 4.37. The molecule has 2 nitrogen and oxygen atoms in total. The Balaban J connectivity index is 2.34. The predicted octanol–water partition coefficient (Wildman–Crippen LogP) is 2.24. The molecule has 0 bridgehead atoms. The van der Waals surface area contributed by atoms with Gasteiger partial charge in [-0.1, -0.05) is 26.2 Å². The van der Waals surface area contributed by atoms with Gasteiger partial charge in [0.1, 0.15) is 0 Å². The molecule has 0 heterocycles. The van der Waals surface area contributed by atoms with Crippen molar-refractivity contribution in [2.24, 2.45) is 11.7 Å². The highest BCUT2D eigenvalue weighted by atomic mass is 15.0. The van der Waals surface area contributed by atoms with E-state index in [0.717, 1.165) is 5.92 Å². The molecule has 0 aromatic rings. The number of nitrogens with two attached hydrogens (primary N) is 1. The van der Waals surface area contributed by atoms with E-state index in [1.54, 1.807) is 0 Å². The molecular formula is C11H24N2. The Kier molecular flexibility index (Phi) is 4.74. The SMILES string of the molecule is CCC(NC(C)N)C1CCCCC1. The lowest BCUT2D eigenvalue weighted by Gasteiger charge is -2.31. The second-order valence-electron chi connectivity index (χ2n) is 4.37. The van der Waals surface area contributed by atoms with Crippen LogP contribution in [-0.2, 0) is 0 Å². The highest BCUT2D eigenvalue weighted by molar-refractivity contribution is 4.79. The zero-order valence-corrected chi connectivity index (χ0v) is 9.05. The van der Waals surface area contributed by atoms with Crippen LogP contribution in [0.2, 0.25) is 0 Å². The molecule has 1 aliphatic carbocycles. The molecule has 0 saturated heterocycles. The number of hydrogen-bond acceptors (Lipinski definition) is 2. The standard InChI is InChI=1S/C11H24N2/c1-3-11(13-9(2)12)10-7-5-4-6-8-10/h9-11,13H,3-8,12H2,1-2H3. The zero-order chi connectivity index (χ0) is 9.68. The Morgan fingerprint density at radius 2 is 1.92 bits per heavy atom. The highest BCUT2D eigenvalue weighted by Crippen LogP contribution is 2.27. The molecule has 0 aliphatic heterocycles. The van der Waals surface area contributed by atoms with Crippen LogP contribution in [0.1, 0.15) is 52.4 Å². The Morgan fingerprint density at radius 3 is 2.38 bits per heavy atom. The number of rotatable bonds is 4. The van der Waals surface area contributed by atoms with Gasteiger partial charge in [0, 0.05) is 6.04 Å². The smallest absolute Gasteiger partial charge is 0.0519 e. The summed E-state index contributed by atoms with van der Waals surface area (Å²) in [5.74, 6) is 0.879. The fourth-order valence-electron chi connectivity index (χ4n) is 2.46. The van der Waals surface area contributed by atoms with Crippen molar-refractivity contribution in [3.05, 3.63) is 0 Å². The maximum absolute atomic E-state index is 5.76. The van der Waals surface area contributed by atoms with Crippen LogP contribution in [0, 0.1) is 5.92 Å². The predicted molar refractivity (Wildman–Crippen MR) is 57.4 cm³/mol. The first kappa shape index (κ1) is 11.0. The van der Waals surface area contributed by atoms with Gasteiger partial charge < -0.3 is 5.73 Å². The van der Waals surface area contributed by atoms with Gasteiger partial charge in [-0.2, -0.15) is 0 Å². The average molecular weight is 184 g/mol. The minimum absolute atomic E-state index is 0.145. The van der Waals surface area contributed by atoms with Crippen molar-refractivity contribution in [1.29, 1.82) is 0 Å². The van der Waals surface area contributed by atoms with Gasteiger partial charge in [-0.3, -0.25) is 5.32 Å². The summed E-state index contributed by atoms with van der Waals surface area (Å²) in [6, 6.07) is 0.653. The van der Waals surface area contributed by atoms with Crippen molar-refractivity contribution in [3.63, 3.8) is 0 Å². The molecule has 0 aromatic heterocycles. The Hall–Kier alpha value is -0.0800. The second kappa shape index (κ2) is 5.61. The summed E-state index contributed by atoms with van der Waals surface area (Å²) in [7, 11) is 0. The van der Waals surface area contributed by atoms with Gasteiger partial charge >= 0.3 is 0 Å². The van der Waals surface area contributed by atoms with E-state index in [4.69, 9.17) is 5.73 Å². The summed E-state index contributed by atoms with van der Waals surface area (Å²) in [5.41, 5.74) is 5.76.